The lowest BCUT2D eigenvalue weighted by molar-refractivity contribution is -0.134. The number of benzene rings is 2. The molecule has 2 aromatic carbocycles. The first-order valence-electron chi connectivity index (χ1n) is 8.88. The van der Waals surface area contributed by atoms with Crippen LogP contribution in [0.2, 0.25) is 0 Å². The van der Waals surface area contributed by atoms with Crippen LogP contribution in [0.3, 0.4) is 0 Å². The number of fused-ring (bicyclic) bond motifs is 1. The molecule has 3 rings (SSSR count). The zero-order valence-electron chi connectivity index (χ0n) is 16.1. The lowest BCUT2D eigenvalue weighted by Crippen LogP contribution is -2.57. The van der Waals surface area contributed by atoms with E-state index in [1.807, 2.05) is 25.1 Å². The molecule has 1 unspecified atom stereocenters. The molecule has 0 fully saturated rings. The highest BCUT2D eigenvalue weighted by atomic mass is 16.5. The van der Waals surface area contributed by atoms with Crippen LogP contribution in [0.4, 0.5) is 11.4 Å². The summed E-state index contributed by atoms with van der Waals surface area (Å²) in [6.07, 6.45) is 0. The SMILES string of the molecule is Cc1ccccc1NC(=O)C(C)N1C(=O)C(C)(C)Oc2cc(C(=O)O)ccc21. The smallest absolute Gasteiger partial charge is 0.335 e. The monoisotopic (exact) mass is 382 g/mol. The molecule has 2 amide bonds. The van der Waals surface area contributed by atoms with Gasteiger partial charge in [-0.3, -0.25) is 14.5 Å². The van der Waals surface area contributed by atoms with Crippen molar-refractivity contribution in [3.63, 3.8) is 0 Å². The van der Waals surface area contributed by atoms with Crippen LogP contribution < -0.4 is 15.0 Å². The van der Waals surface area contributed by atoms with Crippen molar-refractivity contribution in [2.45, 2.75) is 39.3 Å². The molecule has 1 aliphatic heterocycles. The van der Waals surface area contributed by atoms with Gasteiger partial charge in [0.2, 0.25) is 5.91 Å². The minimum atomic E-state index is -1.23. The summed E-state index contributed by atoms with van der Waals surface area (Å²) in [5.74, 6) is -1.58. The third-order valence-corrected chi connectivity index (χ3v) is 4.73. The van der Waals surface area contributed by atoms with Crippen molar-refractivity contribution in [3.8, 4) is 5.75 Å². The van der Waals surface area contributed by atoms with E-state index in [1.165, 1.54) is 23.1 Å². The quantitative estimate of drug-likeness (QED) is 0.846. The molecule has 7 heteroatoms. The predicted octanol–water partition coefficient (Wildman–Crippen LogP) is 3.22. The zero-order chi connectivity index (χ0) is 20.6. The molecule has 0 bridgehead atoms. The Hall–Kier alpha value is -3.35. The van der Waals surface area contributed by atoms with E-state index in [0.717, 1.165) is 5.56 Å². The van der Waals surface area contributed by atoms with Crippen molar-refractivity contribution in [1.29, 1.82) is 0 Å². The molecule has 1 heterocycles. The van der Waals surface area contributed by atoms with Gasteiger partial charge in [-0.1, -0.05) is 18.2 Å². The van der Waals surface area contributed by atoms with Gasteiger partial charge in [0, 0.05) is 5.69 Å². The number of hydrogen-bond donors (Lipinski definition) is 2. The largest absolute Gasteiger partial charge is 0.478 e. The minimum Gasteiger partial charge on any atom is -0.478 e. The van der Waals surface area contributed by atoms with Crippen molar-refractivity contribution < 1.29 is 24.2 Å². The molecule has 0 radical (unpaired) electrons. The van der Waals surface area contributed by atoms with Crippen molar-refractivity contribution in [1.82, 2.24) is 0 Å². The molecule has 0 aromatic heterocycles. The number of nitrogens with zero attached hydrogens (tertiary/aromatic N) is 1. The third kappa shape index (κ3) is 3.43. The van der Waals surface area contributed by atoms with Crippen molar-refractivity contribution in [2.24, 2.45) is 0 Å². The molecule has 146 valence electrons. The van der Waals surface area contributed by atoms with Crippen LogP contribution in [0.5, 0.6) is 5.75 Å². The highest BCUT2D eigenvalue weighted by Crippen LogP contribution is 2.39. The highest BCUT2D eigenvalue weighted by Gasteiger charge is 2.44. The van der Waals surface area contributed by atoms with Crippen LogP contribution in [0, 0.1) is 6.92 Å². The van der Waals surface area contributed by atoms with Crippen molar-refractivity contribution >= 4 is 29.2 Å². The van der Waals surface area contributed by atoms with Crippen molar-refractivity contribution in [3.05, 3.63) is 53.6 Å². The Bertz CT molecular complexity index is 967. The molecule has 2 aromatic rings. The molecule has 0 saturated heterocycles. The lowest BCUT2D eigenvalue weighted by atomic mass is 10.0. The molecular weight excluding hydrogens is 360 g/mol. The van der Waals surface area contributed by atoms with E-state index in [4.69, 9.17) is 4.74 Å². The van der Waals surface area contributed by atoms with E-state index < -0.39 is 17.6 Å². The van der Waals surface area contributed by atoms with Crippen LogP contribution in [-0.2, 0) is 9.59 Å². The topological polar surface area (TPSA) is 95.9 Å². The van der Waals surface area contributed by atoms with E-state index in [2.05, 4.69) is 5.32 Å². The van der Waals surface area contributed by atoms with Gasteiger partial charge in [0.25, 0.3) is 5.91 Å². The number of carbonyl (C=O) groups excluding carboxylic acids is 2. The number of rotatable bonds is 4. The molecule has 0 spiro atoms. The molecule has 0 aliphatic carbocycles. The number of amides is 2. The average molecular weight is 382 g/mol. The summed E-state index contributed by atoms with van der Waals surface area (Å²) < 4.78 is 5.73. The van der Waals surface area contributed by atoms with Gasteiger partial charge in [-0.25, -0.2) is 4.79 Å². The molecule has 1 aliphatic rings. The van der Waals surface area contributed by atoms with Crippen LogP contribution in [0.25, 0.3) is 0 Å². The Morgan fingerprint density at radius 3 is 2.50 bits per heavy atom. The number of aromatic carboxylic acids is 1. The van der Waals surface area contributed by atoms with Crippen LogP contribution in [-0.4, -0.2) is 34.5 Å². The molecule has 7 nitrogen and oxygen atoms in total. The Kier molecular flexibility index (Phi) is 4.85. The first-order chi connectivity index (χ1) is 13.1. The number of ether oxygens (including phenoxy) is 1. The van der Waals surface area contributed by atoms with Gasteiger partial charge in [-0.2, -0.15) is 0 Å². The maximum Gasteiger partial charge on any atom is 0.335 e. The summed E-state index contributed by atoms with van der Waals surface area (Å²) in [5.41, 5.74) is 0.744. The van der Waals surface area contributed by atoms with E-state index in [0.29, 0.717) is 11.4 Å². The summed E-state index contributed by atoms with van der Waals surface area (Å²) in [6, 6.07) is 10.8. The van der Waals surface area contributed by atoms with Gasteiger partial charge < -0.3 is 15.2 Å². The summed E-state index contributed by atoms with van der Waals surface area (Å²) in [6.45, 7) is 6.68. The Morgan fingerprint density at radius 1 is 1.18 bits per heavy atom. The Balaban J connectivity index is 1.97. The van der Waals surface area contributed by atoms with Gasteiger partial charge >= 0.3 is 5.97 Å². The third-order valence-electron chi connectivity index (χ3n) is 4.73. The summed E-state index contributed by atoms with van der Waals surface area (Å²) in [5, 5.41) is 12.1. The second kappa shape index (κ2) is 6.99. The molecular formula is C21H22N2O5. The van der Waals surface area contributed by atoms with Crippen LogP contribution >= 0.6 is 0 Å². The normalized spacial score (nSPS) is 16.0. The number of hydrogen-bond acceptors (Lipinski definition) is 4. The number of carbonyl (C=O) groups is 3. The summed E-state index contributed by atoms with van der Waals surface area (Å²) in [4.78, 5) is 38.5. The van der Waals surface area contributed by atoms with E-state index in [9.17, 15) is 19.5 Å². The van der Waals surface area contributed by atoms with Gasteiger partial charge in [-0.15, -0.1) is 0 Å². The fourth-order valence-corrected chi connectivity index (χ4v) is 3.10. The number of aryl methyl sites for hydroxylation is 1. The molecule has 2 N–H and O–H groups in total. The van der Waals surface area contributed by atoms with Gasteiger partial charge in [0.1, 0.15) is 11.8 Å². The van der Waals surface area contributed by atoms with Gasteiger partial charge in [0.05, 0.1) is 11.3 Å². The van der Waals surface area contributed by atoms with Crippen molar-refractivity contribution in [2.75, 3.05) is 10.2 Å². The molecule has 28 heavy (non-hydrogen) atoms. The second-order valence-electron chi connectivity index (χ2n) is 7.26. The summed E-state index contributed by atoms with van der Waals surface area (Å²) in [7, 11) is 0. The summed E-state index contributed by atoms with van der Waals surface area (Å²) >= 11 is 0. The predicted molar refractivity (Wildman–Crippen MR) is 105 cm³/mol. The fourth-order valence-electron chi connectivity index (χ4n) is 3.10. The van der Waals surface area contributed by atoms with E-state index >= 15 is 0 Å². The second-order valence-corrected chi connectivity index (χ2v) is 7.26. The first-order valence-corrected chi connectivity index (χ1v) is 8.88. The Labute approximate surface area is 162 Å². The van der Waals surface area contributed by atoms with Gasteiger partial charge in [0.15, 0.2) is 5.60 Å². The minimum absolute atomic E-state index is 0.0425. The zero-order valence-corrected chi connectivity index (χ0v) is 16.1. The van der Waals surface area contributed by atoms with Crippen LogP contribution in [0.1, 0.15) is 36.7 Å². The maximum atomic E-state index is 13.0. The maximum absolute atomic E-state index is 13.0. The number of para-hydroxylation sites is 1. The van der Waals surface area contributed by atoms with Crippen LogP contribution in [0.15, 0.2) is 42.5 Å². The Morgan fingerprint density at radius 2 is 1.86 bits per heavy atom. The number of carboxylic acid groups (broad SMARTS) is 1. The van der Waals surface area contributed by atoms with Gasteiger partial charge in [-0.05, 0) is 57.5 Å². The number of carboxylic acids is 1. The first kappa shape index (κ1) is 19.4. The average Bonchev–Trinajstić information content (AvgIpc) is 2.63. The number of nitrogens with one attached hydrogen (secondary N) is 1. The fraction of sp³-hybridized carbons (Fsp3) is 0.286. The molecule has 0 saturated carbocycles. The highest BCUT2D eigenvalue weighted by molar-refractivity contribution is 6.09. The lowest BCUT2D eigenvalue weighted by Gasteiger charge is -2.41. The standard InChI is InChI=1S/C21H22N2O5/c1-12-7-5-6-8-15(12)22-18(24)13(2)23-16-10-9-14(19(25)26)11-17(16)28-21(3,4)20(23)27/h5-11,13H,1-4H3,(H,22,24)(H,25,26). The van der Waals surface area contributed by atoms with E-state index in [-0.39, 0.29) is 23.1 Å². The van der Waals surface area contributed by atoms with E-state index in [1.54, 1.807) is 26.8 Å². The molecule has 1 atom stereocenters. The number of anilines is 2.